The van der Waals surface area contributed by atoms with Crippen LogP contribution in [0.5, 0.6) is 28.7 Å². The summed E-state index contributed by atoms with van der Waals surface area (Å²) in [6.45, 7) is 1.32. The number of esters is 1. The fourth-order valence-corrected chi connectivity index (χ4v) is 2.93. The minimum Gasteiger partial charge on any atom is -0.497 e. The highest BCUT2D eigenvalue weighted by Crippen LogP contribution is 2.43. The number of carbonyl (C=O) groups is 2. The predicted octanol–water partition coefficient (Wildman–Crippen LogP) is 2.12. The molecule has 9 heteroatoms. The fourth-order valence-electron chi connectivity index (χ4n) is 2.93. The average Bonchev–Trinajstić information content (AvgIpc) is 3.11. The van der Waals surface area contributed by atoms with Gasteiger partial charge in [-0.2, -0.15) is 0 Å². The molecule has 3 rings (SSSR count). The van der Waals surface area contributed by atoms with Crippen LogP contribution in [0.3, 0.4) is 0 Å². The number of nitrogens with one attached hydrogen (secondary N) is 1. The second kappa shape index (κ2) is 7.95. The van der Waals surface area contributed by atoms with Gasteiger partial charge in [0, 0.05) is 30.2 Å². The summed E-state index contributed by atoms with van der Waals surface area (Å²) in [5.74, 6) is 1.58. The molecule has 1 unspecified atom stereocenters. The summed E-state index contributed by atoms with van der Waals surface area (Å²) in [4.78, 5) is 23.3. The topological polar surface area (TPSA) is 118 Å². The molecule has 0 aromatic heterocycles. The Labute approximate surface area is 161 Å². The first kappa shape index (κ1) is 19.2. The lowest BCUT2D eigenvalue weighted by Gasteiger charge is -2.23. The standard InChI is InChI=1S/C19H20N2O7/c1-10(22)28-15-8-17-16(26-9-27-17)7-13(15)18(21-19(20)23)12-5-4-11(24-2)6-14(12)25-3/h4-8,18H,9H2,1-3H3,(H3,20,21,23). The van der Waals surface area contributed by atoms with Crippen molar-refractivity contribution in [2.24, 2.45) is 5.73 Å². The zero-order chi connectivity index (χ0) is 20.3. The van der Waals surface area contributed by atoms with Gasteiger partial charge in [-0.05, 0) is 18.2 Å². The van der Waals surface area contributed by atoms with Crippen molar-refractivity contribution >= 4 is 12.0 Å². The maximum absolute atomic E-state index is 11.7. The second-order valence-corrected chi connectivity index (χ2v) is 5.89. The van der Waals surface area contributed by atoms with Crippen molar-refractivity contribution in [1.82, 2.24) is 5.32 Å². The van der Waals surface area contributed by atoms with E-state index in [0.29, 0.717) is 34.1 Å². The molecule has 28 heavy (non-hydrogen) atoms. The lowest BCUT2D eigenvalue weighted by atomic mass is 9.96. The lowest BCUT2D eigenvalue weighted by molar-refractivity contribution is -0.131. The number of hydrogen-bond acceptors (Lipinski definition) is 7. The molecule has 148 valence electrons. The third-order valence-electron chi connectivity index (χ3n) is 4.11. The van der Waals surface area contributed by atoms with E-state index < -0.39 is 18.0 Å². The average molecular weight is 388 g/mol. The highest BCUT2D eigenvalue weighted by molar-refractivity contribution is 5.75. The van der Waals surface area contributed by atoms with Gasteiger partial charge in [-0.3, -0.25) is 4.79 Å². The number of methoxy groups -OCH3 is 2. The Morgan fingerprint density at radius 1 is 1.04 bits per heavy atom. The van der Waals surface area contributed by atoms with Crippen LogP contribution in [0.25, 0.3) is 0 Å². The van der Waals surface area contributed by atoms with Gasteiger partial charge in [-0.25, -0.2) is 4.79 Å². The molecule has 2 amide bonds. The minimum absolute atomic E-state index is 0.0398. The molecule has 0 bridgehead atoms. The number of ether oxygens (including phenoxy) is 5. The Morgan fingerprint density at radius 3 is 2.36 bits per heavy atom. The van der Waals surface area contributed by atoms with Crippen LogP contribution < -0.4 is 34.7 Å². The van der Waals surface area contributed by atoms with Crippen molar-refractivity contribution in [2.45, 2.75) is 13.0 Å². The maximum atomic E-state index is 11.7. The number of primary amides is 1. The van der Waals surface area contributed by atoms with Crippen LogP contribution in [0.2, 0.25) is 0 Å². The van der Waals surface area contributed by atoms with E-state index in [9.17, 15) is 9.59 Å². The maximum Gasteiger partial charge on any atom is 0.312 e. The van der Waals surface area contributed by atoms with Crippen LogP contribution >= 0.6 is 0 Å². The Kier molecular flexibility index (Phi) is 5.44. The summed E-state index contributed by atoms with van der Waals surface area (Å²) in [6, 6.07) is 6.71. The number of fused-ring (bicyclic) bond motifs is 1. The largest absolute Gasteiger partial charge is 0.497 e. The van der Waals surface area contributed by atoms with Gasteiger partial charge in [0.2, 0.25) is 6.79 Å². The Morgan fingerprint density at radius 2 is 1.75 bits per heavy atom. The molecule has 1 aliphatic heterocycles. The molecular formula is C19H20N2O7. The predicted molar refractivity (Wildman–Crippen MR) is 98.0 cm³/mol. The second-order valence-electron chi connectivity index (χ2n) is 5.89. The van der Waals surface area contributed by atoms with E-state index in [2.05, 4.69) is 5.32 Å². The van der Waals surface area contributed by atoms with Crippen LogP contribution in [-0.4, -0.2) is 33.0 Å². The highest BCUT2D eigenvalue weighted by Gasteiger charge is 2.28. The molecule has 1 aliphatic rings. The van der Waals surface area contributed by atoms with Crippen molar-refractivity contribution in [3.8, 4) is 28.7 Å². The number of hydrogen-bond donors (Lipinski definition) is 2. The summed E-state index contributed by atoms with van der Waals surface area (Å²) < 4.78 is 26.8. The smallest absolute Gasteiger partial charge is 0.312 e. The molecule has 0 saturated heterocycles. The van der Waals surface area contributed by atoms with Crippen LogP contribution in [0.4, 0.5) is 4.79 Å². The third kappa shape index (κ3) is 3.88. The first-order valence-electron chi connectivity index (χ1n) is 8.32. The SMILES string of the molecule is COc1ccc(C(NC(N)=O)c2cc3c(cc2OC(C)=O)OCO3)c(OC)c1. The van der Waals surface area contributed by atoms with E-state index >= 15 is 0 Å². The van der Waals surface area contributed by atoms with Crippen LogP contribution in [0.15, 0.2) is 30.3 Å². The van der Waals surface area contributed by atoms with Crippen molar-refractivity contribution < 1.29 is 33.3 Å². The van der Waals surface area contributed by atoms with Gasteiger partial charge in [0.1, 0.15) is 17.2 Å². The summed E-state index contributed by atoms with van der Waals surface area (Å²) in [6.07, 6.45) is 0. The first-order valence-corrected chi connectivity index (χ1v) is 8.32. The van der Waals surface area contributed by atoms with Crippen molar-refractivity contribution in [3.63, 3.8) is 0 Å². The Balaban J connectivity index is 2.17. The summed E-state index contributed by atoms with van der Waals surface area (Å²) in [5.41, 5.74) is 6.42. The van der Waals surface area contributed by atoms with Gasteiger partial charge < -0.3 is 34.7 Å². The number of amides is 2. The summed E-state index contributed by atoms with van der Waals surface area (Å²) in [7, 11) is 3.02. The van der Waals surface area contributed by atoms with E-state index in [-0.39, 0.29) is 12.5 Å². The van der Waals surface area contributed by atoms with E-state index in [0.717, 1.165) is 0 Å². The molecule has 3 N–H and O–H groups in total. The highest BCUT2D eigenvalue weighted by atomic mass is 16.7. The molecule has 1 heterocycles. The van der Waals surface area contributed by atoms with Gasteiger partial charge in [0.05, 0.1) is 20.3 Å². The zero-order valence-electron chi connectivity index (χ0n) is 15.6. The van der Waals surface area contributed by atoms with Crippen LogP contribution in [-0.2, 0) is 4.79 Å². The van der Waals surface area contributed by atoms with Crippen molar-refractivity contribution in [2.75, 3.05) is 21.0 Å². The number of benzene rings is 2. The third-order valence-corrected chi connectivity index (χ3v) is 4.11. The van der Waals surface area contributed by atoms with Crippen LogP contribution in [0.1, 0.15) is 24.1 Å². The van der Waals surface area contributed by atoms with Gasteiger partial charge in [0.15, 0.2) is 11.5 Å². The quantitative estimate of drug-likeness (QED) is 0.575. The number of urea groups is 1. The Hall–Kier alpha value is -3.62. The molecule has 0 radical (unpaired) electrons. The van der Waals surface area contributed by atoms with E-state index in [1.54, 1.807) is 24.3 Å². The lowest BCUT2D eigenvalue weighted by Crippen LogP contribution is -2.34. The summed E-state index contributed by atoms with van der Waals surface area (Å²) >= 11 is 0. The number of carbonyl (C=O) groups excluding carboxylic acids is 2. The number of nitrogens with two attached hydrogens (primary N) is 1. The molecule has 0 fully saturated rings. The van der Waals surface area contributed by atoms with Gasteiger partial charge in [0.25, 0.3) is 0 Å². The van der Waals surface area contributed by atoms with E-state index in [1.165, 1.54) is 27.2 Å². The number of rotatable bonds is 6. The monoisotopic (exact) mass is 388 g/mol. The van der Waals surface area contributed by atoms with Crippen molar-refractivity contribution in [1.29, 1.82) is 0 Å². The summed E-state index contributed by atoms with van der Waals surface area (Å²) in [5, 5.41) is 2.66. The molecule has 2 aromatic carbocycles. The Bertz CT molecular complexity index is 913. The van der Waals surface area contributed by atoms with Gasteiger partial charge >= 0.3 is 12.0 Å². The van der Waals surface area contributed by atoms with Gasteiger partial charge in [-0.15, -0.1) is 0 Å². The fraction of sp³-hybridized carbons (Fsp3) is 0.263. The normalized spacial score (nSPS) is 12.8. The van der Waals surface area contributed by atoms with Gasteiger partial charge in [-0.1, -0.05) is 0 Å². The first-order chi connectivity index (χ1) is 13.4. The molecular weight excluding hydrogens is 368 g/mol. The van der Waals surface area contributed by atoms with E-state index in [4.69, 9.17) is 29.4 Å². The van der Waals surface area contributed by atoms with E-state index in [1.807, 2.05) is 0 Å². The molecule has 9 nitrogen and oxygen atoms in total. The van der Waals surface area contributed by atoms with Crippen molar-refractivity contribution in [3.05, 3.63) is 41.5 Å². The molecule has 2 aromatic rings. The molecule has 0 aliphatic carbocycles. The zero-order valence-corrected chi connectivity index (χ0v) is 15.6. The molecule has 1 atom stereocenters. The van der Waals surface area contributed by atoms with Crippen LogP contribution in [0, 0.1) is 0 Å². The molecule has 0 spiro atoms. The molecule has 0 saturated carbocycles. The minimum atomic E-state index is -0.790.